The molecule has 1 atom stereocenters. The summed E-state index contributed by atoms with van der Waals surface area (Å²) in [6.45, 7) is 1.66. The van der Waals surface area contributed by atoms with Gasteiger partial charge in [0.15, 0.2) is 6.54 Å². The second kappa shape index (κ2) is 7.80. The Bertz CT molecular complexity index is 615. The van der Waals surface area contributed by atoms with Crippen LogP contribution in [-0.2, 0) is 17.9 Å². The monoisotopic (exact) mass is 343 g/mol. The van der Waals surface area contributed by atoms with Crippen LogP contribution >= 0.6 is 34.5 Å². The van der Waals surface area contributed by atoms with E-state index >= 15 is 0 Å². The molecule has 0 spiro atoms. The van der Waals surface area contributed by atoms with Crippen LogP contribution in [0.2, 0.25) is 9.36 Å². The molecule has 2 N–H and O–H groups in total. The largest absolute Gasteiger partial charge is 0.347 e. The topological polar surface area (TPSA) is 33.5 Å². The summed E-state index contributed by atoms with van der Waals surface area (Å²) >= 11 is 13.5. The van der Waals surface area contributed by atoms with Crippen molar-refractivity contribution in [3.05, 3.63) is 56.2 Å². The SMILES string of the molecule is C[NH+](CC(=O)NCc1ccccc1Cl)Cc1ccc(Cl)s1. The van der Waals surface area contributed by atoms with E-state index in [0.717, 1.165) is 21.3 Å². The van der Waals surface area contributed by atoms with Crippen LogP contribution in [-0.4, -0.2) is 19.5 Å². The number of carbonyl (C=O) groups excluding carboxylic acids is 1. The molecule has 2 aromatic rings. The Balaban J connectivity index is 1.77. The molecule has 0 saturated carbocycles. The minimum absolute atomic E-state index is 0.00933. The van der Waals surface area contributed by atoms with E-state index < -0.39 is 0 Å². The molecular formula is C15H17Cl2N2OS+. The molecule has 0 aliphatic rings. The standard InChI is InChI=1S/C15H16Cl2N2OS/c1-19(9-12-6-7-14(17)21-12)10-15(20)18-8-11-4-2-3-5-13(11)16/h2-7H,8-10H2,1H3,(H,18,20)/p+1. The molecule has 1 aromatic carbocycles. The van der Waals surface area contributed by atoms with Crippen molar-refractivity contribution in [2.24, 2.45) is 0 Å². The molecule has 3 nitrogen and oxygen atoms in total. The molecule has 6 heteroatoms. The van der Waals surface area contributed by atoms with Crippen molar-refractivity contribution < 1.29 is 9.69 Å². The van der Waals surface area contributed by atoms with Gasteiger partial charge in [-0.15, -0.1) is 11.3 Å². The summed E-state index contributed by atoms with van der Waals surface area (Å²) < 4.78 is 0.779. The maximum atomic E-state index is 11.9. The summed E-state index contributed by atoms with van der Waals surface area (Å²) in [5.41, 5.74) is 0.926. The van der Waals surface area contributed by atoms with Gasteiger partial charge in [-0.3, -0.25) is 4.79 Å². The van der Waals surface area contributed by atoms with E-state index in [1.165, 1.54) is 4.88 Å². The zero-order valence-electron chi connectivity index (χ0n) is 11.7. The van der Waals surface area contributed by atoms with Gasteiger partial charge in [0.25, 0.3) is 5.91 Å². The summed E-state index contributed by atoms with van der Waals surface area (Å²) in [6.07, 6.45) is 0. The molecule has 0 aliphatic carbocycles. The molecule has 0 fully saturated rings. The van der Waals surface area contributed by atoms with E-state index in [0.29, 0.717) is 18.1 Å². The van der Waals surface area contributed by atoms with Crippen molar-refractivity contribution in [2.75, 3.05) is 13.6 Å². The molecule has 112 valence electrons. The zero-order valence-corrected chi connectivity index (χ0v) is 14.0. The summed E-state index contributed by atoms with van der Waals surface area (Å²) in [4.78, 5) is 14.2. The van der Waals surface area contributed by atoms with Gasteiger partial charge < -0.3 is 10.2 Å². The molecule has 1 unspecified atom stereocenters. The third-order valence-corrected chi connectivity index (χ3v) is 4.60. The molecule has 0 aliphatic heterocycles. The number of likely N-dealkylation sites (N-methyl/N-ethyl adjacent to an activating group) is 1. The summed E-state index contributed by atoms with van der Waals surface area (Å²) in [5, 5.41) is 3.57. The minimum Gasteiger partial charge on any atom is -0.347 e. The number of thiophene rings is 1. The lowest BCUT2D eigenvalue weighted by Crippen LogP contribution is -3.08. The van der Waals surface area contributed by atoms with Gasteiger partial charge >= 0.3 is 0 Å². The number of nitrogens with one attached hydrogen (secondary N) is 2. The normalized spacial score (nSPS) is 12.1. The fourth-order valence-electron chi connectivity index (χ4n) is 1.98. The Hall–Kier alpha value is -1.07. The number of carbonyl (C=O) groups is 1. The fourth-order valence-corrected chi connectivity index (χ4v) is 3.38. The lowest BCUT2D eigenvalue weighted by atomic mass is 10.2. The van der Waals surface area contributed by atoms with E-state index in [4.69, 9.17) is 23.2 Å². The molecule has 1 heterocycles. The average Bonchev–Trinajstić information content (AvgIpc) is 2.83. The maximum Gasteiger partial charge on any atom is 0.275 e. The van der Waals surface area contributed by atoms with E-state index in [-0.39, 0.29) is 5.91 Å². The highest BCUT2D eigenvalue weighted by molar-refractivity contribution is 7.16. The van der Waals surface area contributed by atoms with Gasteiger partial charge in [-0.25, -0.2) is 0 Å². The van der Waals surface area contributed by atoms with E-state index in [9.17, 15) is 4.79 Å². The van der Waals surface area contributed by atoms with Gasteiger partial charge in [0.1, 0.15) is 6.54 Å². The van der Waals surface area contributed by atoms with Crippen LogP contribution in [0.3, 0.4) is 0 Å². The number of rotatable bonds is 6. The Kier molecular flexibility index (Phi) is 6.06. The van der Waals surface area contributed by atoms with Crippen LogP contribution in [0.15, 0.2) is 36.4 Å². The third-order valence-electron chi connectivity index (χ3n) is 3.00. The number of quaternary nitrogens is 1. The van der Waals surface area contributed by atoms with Gasteiger partial charge in [0.05, 0.1) is 16.3 Å². The van der Waals surface area contributed by atoms with Crippen LogP contribution in [0.1, 0.15) is 10.4 Å². The lowest BCUT2D eigenvalue weighted by Gasteiger charge is -2.13. The highest BCUT2D eigenvalue weighted by atomic mass is 35.5. The van der Waals surface area contributed by atoms with Gasteiger partial charge in [0.2, 0.25) is 0 Å². The van der Waals surface area contributed by atoms with Gasteiger partial charge in [-0.1, -0.05) is 41.4 Å². The molecule has 1 amide bonds. The van der Waals surface area contributed by atoms with Crippen molar-refractivity contribution in [1.29, 1.82) is 0 Å². The molecule has 2 rings (SSSR count). The first kappa shape index (κ1) is 16.3. The Morgan fingerprint density at radius 3 is 2.67 bits per heavy atom. The summed E-state index contributed by atoms with van der Waals surface area (Å²) in [6, 6.07) is 11.4. The average molecular weight is 344 g/mol. The van der Waals surface area contributed by atoms with Crippen LogP contribution in [0, 0.1) is 0 Å². The van der Waals surface area contributed by atoms with Gasteiger partial charge in [-0.2, -0.15) is 0 Å². The molecule has 21 heavy (non-hydrogen) atoms. The number of amides is 1. The number of hydrogen-bond donors (Lipinski definition) is 2. The highest BCUT2D eigenvalue weighted by Gasteiger charge is 2.12. The van der Waals surface area contributed by atoms with Gasteiger partial charge in [-0.05, 0) is 23.8 Å². The fraction of sp³-hybridized carbons (Fsp3) is 0.267. The van der Waals surface area contributed by atoms with E-state index in [2.05, 4.69) is 5.32 Å². The predicted molar refractivity (Wildman–Crippen MR) is 88.1 cm³/mol. The summed E-state index contributed by atoms with van der Waals surface area (Å²) in [7, 11) is 1.99. The maximum absolute atomic E-state index is 11.9. The Labute approximate surface area is 138 Å². The van der Waals surface area contributed by atoms with Crippen LogP contribution in [0.25, 0.3) is 0 Å². The first-order valence-corrected chi connectivity index (χ1v) is 8.17. The van der Waals surface area contributed by atoms with E-state index in [1.807, 2.05) is 43.4 Å². The first-order chi connectivity index (χ1) is 10.0. The summed E-state index contributed by atoms with van der Waals surface area (Å²) in [5.74, 6) is 0.00933. The molecule has 0 bridgehead atoms. The van der Waals surface area contributed by atoms with Gasteiger partial charge in [0, 0.05) is 11.6 Å². The lowest BCUT2D eigenvalue weighted by molar-refractivity contribution is -0.885. The smallest absolute Gasteiger partial charge is 0.275 e. The molecule has 0 radical (unpaired) electrons. The van der Waals surface area contributed by atoms with Crippen LogP contribution < -0.4 is 10.2 Å². The highest BCUT2D eigenvalue weighted by Crippen LogP contribution is 2.20. The molecule has 1 aromatic heterocycles. The van der Waals surface area contributed by atoms with Crippen molar-refractivity contribution in [3.8, 4) is 0 Å². The second-order valence-electron chi connectivity index (χ2n) is 4.88. The number of benzene rings is 1. The predicted octanol–water partition coefficient (Wildman–Crippen LogP) is 2.39. The number of halogens is 2. The Morgan fingerprint density at radius 2 is 2.00 bits per heavy atom. The number of hydrogen-bond acceptors (Lipinski definition) is 2. The van der Waals surface area contributed by atoms with Crippen molar-refractivity contribution in [3.63, 3.8) is 0 Å². The van der Waals surface area contributed by atoms with E-state index in [1.54, 1.807) is 11.3 Å². The van der Waals surface area contributed by atoms with Crippen LogP contribution in [0.4, 0.5) is 0 Å². The second-order valence-corrected chi connectivity index (χ2v) is 7.09. The molecule has 0 saturated heterocycles. The van der Waals surface area contributed by atoms with Crippen LogP contribution in [0.5, 0.6) is 0 Å². The third kappa shape index (κ3) is 5.32. The first-order valence-electron chi connectivity index (χ1n) is 6.60. The quantitative estimate of drug-likeness (QED) is 0.829. The molecular weight excluding hydrogens is 327 g/mol. The minimum atomic E-state index is 0.00933. The van der Waals surface area contributed by atoms with Crippen molar-refractivity contribution >= 4 is 40.4 Å². The zero-order chi connectivity index (χ0) is 15.2. The Morgan fingerprint density at radius 1 is 1.24 bits per heavy atom. The van der Waals surface area contributed by atoms with Crippen molar-refractivity contribution in [1.82, 2.24) is 5.32 Å². The van der Waals surface area contributed by atoms with Crippen molar-refractivity contribution in [2.45, 2.75) is 13.1 Å².